The summed E-state index contributed by atoms with van der Waals surface area (Å²) in [4.78, 5) is 4.60. The molecule has 0 spiro atoms. The maximum Gasteiger partial charge on any atom is 0.113 e. The summed E-state index contributed by atoms with van der Waals surface area (Å²) >= 11 is 0. The summed E-state index contributed by atoms with van der Waals surface area (Å²) in [6.45, 7) is 7.86. The fourth-order valence-corrected chi connectivity index (χ4v) is 4.23. The van der Waals surface area contributed by atoms with Gasteiger partial charge < -0.3 is 0 Å². The molecule has 0 atom stereocenters. The highest BCUT2D eigenvalue weighted by Crippen LogP contribution is 2.25. The van der Waals surface area contributed by atoms with Crippen LogP contribution in [0.5, 0.6) is 0 Å². The third kappa shape index (κ3) is 3.69. The third-order valence-electron chi connectivity index (χ3n) is 6.08. The van der Waals surface area contributed by atoms with Crippen LogP contribution >= 0.6 is 0 Å². The number of pyridine rings is 2. The van der Waals surface area contributed by atoms with Crippen molar-refractivity contribution in [1.29, 1.82) is 0 Å². The Morgan fingerprint density at radius 3 is 1.92 bits per heavy atom. The SMILES string of the molecule is C=Cc1ccc2ccnn2c1/C=C/c1ccc2c(/C=C/c3c(C=C)ccc4ccnn34)nnc-2cn1. The molecule has 7 nitrogen and oxygen atoms in total. The minimum atomic E-state index is 0.719. The topological polar surface area (TPSA) is 73.3 Å². The Bertz CT molecular complexity index is 1780. The van der Waals surface area contributed by atoms with E-state index in [4.69, 9.17) is 0 Å². The molecular formula is C29H21N7. The van der Waals surface area contributed by atoms with Crippen LogP contribution in [0.4, 0.5) is 0 Å². The van der Waals surface area contributed by atoms with E-state index in [-0.39, 0.29) is 0 Å². The summed E-state index contributed by atoms with van der Waals surface area (Å²) in [5.74, 6) is 0. The van der Waals surface area contributed by atoms with Crippen molar-refractivity contribution >= 4 is 47.5 Å². The molecule has 0 fully saturated rings. The van der Waals surface area contributed by atoms with Gasteiger partial charge in [-0.1, -0.05) is 37.4 Å². The van der Waals surface area contributed by atoms with Crippen molar-refractivity contribution in [3.8, 4) is 11.3 Å². The molecule has 0 unspecified atom stereocenters. The third-order valence-corrected chi connectivity index (χ3v) is 6.08. The maximum atomic E-state index is 4.60. The second kappa shape index (κ2) is 8.88. The lowest BCUT2D eigenvalue weighted by atomic mass is 10.1. The van der Waals surface area contributed by atoms with Gasteiger partial charge in [-0.3, -0.25) is 4.98 Å². The maximum absolute atomic E-state index is 4.60. The van der Waals surface area contributed by atoms with E-state index in [0.717, 1.165) is 56.2 Å². The van der Waals surface area contributed by atoms with Crippen molar-refractivity contribution < 1.29 is 0 Å². The van der Waals surface area contributed by atoms with Crippen molar-refractivity contribution in [2.24, 2.45) is 0 Å². The molecule has 0 aliphatic carbocycles. The molecule has 7 heteroatoms. The van der Waals surface area contributed by atoms with Gasteiger partial charge in [0.2, 0.25) is 0 Å². The zero-order chi connectivity index (χ0) is 24.5. The van der Waals surface area contributed by atoms with Crippen LogP contribution in [0.3, 0.4) is 0 Å². The molecule has 4 aromatic heterocycles. The summed E-state index contributed by atoms with van der Waals surface area (Å²) in [6, 6.07) is 16.0. The molecular weight excluding hydrogens is 446 g/mol. The predicted octanol–water partition coefficient (Wildman–Crippen LogP) is 5.90. The molecule has 4 aromatic rings. The van der Waals surface area contributed by atoms with Crippen LogP contribution in [0.25, 0.3) is 58.7 Å². The quantitative estimate of drug-likeness (QED) is 0.305. The zero-order valence-electron chi connectivity index (χ0n) is 19.4. The van der Waals surface area contributed by atoms with Gasteiger partial charge in [-0.05, 0) is 71.8 Å². The van der Waals surface area contributed by atoms with Gasteiger partial charge in [0.15, 0.2) is 0 Å². The van der Waals surface area contributed by atoms with Crippen molar-refractivity contribution in [1.82, 2.24) is 34.4 Å². The second-order valence-electron chi connectivity index (χ2n) is 8.16. The van der Waals surface area contributed by atoms with Crippen molar-refractivity contribution in [3.63, 3.8) is 0 Å². The lowest BCUT2D eigenvalue weighted by Gasteiger charge is -2.04. The normalized spacial score (nSPS) is 11.9. The summed E-state index contributed by atoms with van der Waals surface area (Å²) in [6.07, 6.45) is 16.8. The van der Waals surface area contributed by atoms with Crippen LogP contribution in [0.15, 0.2) is 80.3 Å². The summed E-state index contributed by atoms with van der Waals surface area (Å²) in [5.41, 5.74) is 9.04. The van der Waals surface area contributed by atoms with Crippen molar-refractivity contribution in [2.75, 3.05) is 0 Å². The lowest BCUT2D eigenvalue weighted by molar-refractivity contribution is 0.946. The van der Waals surface area contributed by atoms with E-state index in [1.807, 2.05) is 94.0 Å². The Kier molecular flexibility index (Phi) is 5.27. The van der Waals surface area contributed by atoms with Crippen LogP contribution < -0.4 is 0 Å². The molecule has 0 saturated heterocycles. The largest absolute Gasteiger partial charge is 0.255 e. The van der Waals surface area contributed by atoms with E-state index in [9.17, 15) is 0 Å². The van der Waals surface area contributed by atoms with Crippen LogP contribution in [0, 0.1) is 0 Å². The molecule has 6 rings (SSSR count). The standard InChI is InChI=1S/C29H21N7/c1-3-20-5-9-23-15-17-31-35(23)28(20)13-8-22-7-11-25-26(33-34-27(25)19-30-22)12-14-29-21(4-2)6-10-24-16-18-32-36(24)29/h3-19H,1-2H2/b13-8+,14-12+. The zero-order valence-corrected chi connectivity index (χ0v) is 19.4. The number of fused-ring (bicyclic) bond motifs is 3. The highest BCUT2D eigenvalue weighted by Gasteiger charge is 2.11. The second-order valence-corrected chi connectivity index (χ2v) is 8.16. The van der Waals surface area contributed by atoms with Gasteiger partial charge in [-0.15, -0.1) is 10.2 Å². The summed E-state index contributed by atoms with van der Waals surface area (Å²) < 4.78 is 3.77. The fraction of sp³-hybridized carbons (Fsp3) is 0. The average Bonchev–Trinajstić information content (AvgIpc) is 3.64. The van der Waals surface area contributed by atoms with Gasteiger partial charge in [-0.25, -0.2) is 9.03 Å². The van der Waals surface area contributed by atoms with Gasteiger partial charge in [0.25, 0.3) is 0 Å². The van der Waals surface area contributed by atoms with E-state index in [0.29, 0.717) is 0 Å². The molecule has 0 N–H and O–H groups in total. The highest BCUT2D eigenvalue weighted by atomic mass is 15.2. The van der Waals surface area contributed by atoms with Crippen LogP contribution in [0.1, 0.15) is 33.9 Å². The molecule has 36 heavy (non-hydrogen) atoms. The Hall–Kier alpha value is -5.17. The molecule has 0 bridgehead atoms. The van der Waals surface area contributed by atoms with Crippen LogP contribution in [-0.4, -0.2) is 34.4 Å². The molecule has 6 heterocycles. The molecule has 172 valence electrons. The Morgan fingerprint density at radius 2 is 1.28 bits per heavy atom. The Labute approximate surface area is 207 Å². The van der Waals surface area contributed by atoms with Crippen molar-refractivity contribution in [2.45, 2.75) is 0 Å². The van der Waals surface area contributed by atoms with Crippen LogP contribution in [0.2, 0.25) is 0 Å². The first-order valence-corrected chi connectivity index (χ1v) is 11.4. The first kappa shape index (κ1) is 21.4. The molecule has 2 aliphatic heterocycles. The van der Waals surface area contributed by atoms with Gasteiger partial charge in [0, 0.05) is 5.56 Å². The lowest BCUT2D eigenvalue weighted by Crippen LogP contribution is -1.95. The number of hydrogen-bond acceptors (Lipinski definition) is 5. The number of rotatable bonds is 6. The van der Waals surface area contributed by atoms with E-state index < -0.39 is 0 Å². The molecule has 0 amide bonds. The molecule has 2 aliphatic rings. The summed E-state index contributed by atoms with van der Waals surface area (Å²) in [7, 11) is 0. The minimum Gasteiger partial charge on any atom is -0.255 e. The van der Waals surface area contributed by atoms with Gasteiger partial charge in [0.05, 0.1) is 52.4 Å². The van der Waals surface area contributed by atoms with E-state index in [1.165, 1.54) is 0 Å². The van der Waals surface area contributed by atoms with E-state index in [2.05, 4.69) is 38.5 Å². The first-order chi connectivity index (χ1) is 17.7. The monoisotopic (exact) mass is 467 g/mol. The number of nitrogens with zero attached hydrogens (tertiary/aromatic N) is 7. The van der Waals surface area contributed by atoms with E-state index >= 15 is 0 Å². The minimum absolute atomic E-state index is 0.719. The fourth-order valence-electron chi connectivity index (χ4n) is 4.23. The molecule has 0 aromatic carbocycles. The summed E-state index contributed by atoms with van der Waals surface area (Å²) in [5, 5.41) is 17.6. The number of aromatic nitrogens is 7. The van der Waals surface area contributed by atoms with E-state index in [1.54, 1.807) is 18.6 Å². The highest BCUT2D eigenvalue weighted by molar-refractivity contribution is 5.81. The predicted molar refractivity (Wildman–Crippen MR) is 145 cm³/mol. The van der Waals surface area contributed by atoms with Gasteiger partial charge in [-0.2, -0.15) is 10.2 Å². The Morgan fingerprint density at radius 1 is 0.639 bits per heavy atom. The number of hydrogen-bond donors (Lipinski definition) is 0. The molecule has 0 radical (unpaired) electrons. The Balaban J connectivity index is 1.35. The first-order valence-electron chi connectivity index (χ1n) is 11.4. The van der Waals surface area contributed by atoms with Gasteiger partial charge >= 0.3 is 0 Å². The molecule has 0 saturated carbocycles. The average molecular weight is 468 g/mol. The van der Waals surface area contributed by atoms with Crippen LogP contribution in [-0.2, 0) is 0 Å². The van der Waals surface area contributed by atoms with Gasteiger partial charge in [0.1, 0.15) is 5.69 Å². The van der Waals surface area contributed by atoms with Crippen molar-refractivity contribution in [3.05, 3.63) is 114 Å². The smallest absolute Gasteiger partial charge is 0.113 e.